The second-order valence-electron chi connectivity index (χ2n) is 3.55. The van der Waals surface area contributed by atoms with E-state index < -0.39 is 11.5 Å². The van der Waals surface area contributed by atoms with Crippen molar-refractivity contribution < 1.29 is 9.53 Å². The normalized spacial score (nSPS) is 11.0. The Balaban J connectivity index is 2.83. The zero-order chi connectivity index (χ0) is 10.8. The molecule has 0 aromatic heterocycles. The van der Waals surface area contributed by atoms with Crippen LogP contribution >= 0.6 is 0 Å². The highest BCUT2D eigenvalue weighted by atomic mass is 16.5. The van der Waals surface area contributed by atoms with Crippen LogP contribution in [0.5, 0.6) is 5.75 Å². The lowest BCUT2D eigenvalue weighted by Gasteiger charge is -2.22. The van der Waals surface area contributed by atoms with E-state index in [1.165, 1.54) is 0 Å². The Labute approximate surface area is 82.8 Å². The summed E-state index contributed by atoms with van der Waals surface area (Å²) in [4.78, 5) is 11.0. The summed E-state index contributed by atoms with van der Waals surface area (Å²) in [6.07, 6.45) is 0. The fraction of sp³-hybridized carbons (Fsp3) is 0.300. The maximum absolute atomic E-state index is 11.0. The molecule has 0 unspecified atom stereocenters. The highest BCUT2D eigenvalue weighted by molar-refractivity contribution is 5.82. The Morgan fingerprint density at radius 1 is 1.43 bits per heavy atom. The molecule has 0 heterocycles. The van der Waals surface area contributed by atoms with Gasteiger partial charge < -0.3 is 16.2 Å². The summed E-state index contributed by atoms with van der Waals surface area (Å²) in [6, 6.07) is 6.86. The van der Waals surface area contributed by atoms with Crippen LogP contribution in [0.2, 0.25) is 0 Å². The summed E-state index contributed by atoms with van der Waals surface area (Å²) in [5.74, 6) is 0.0220. The van der Waals surface area contributed by atoms with Gasteiger partial charge in [-0.2, -0.15) is 0 Å². The van der Waals surface area contributed by atoms with Gasteiger partial charge in [-0.15, -0.1) is 0 Å². The van der Waals surface area contributed by atoms with Crippen LogP contribution in [-0.4, -0.2) is 11.5 Å². The van der Waals surface area contributed by atoms with E-state index in [0.717, 1.165) is 0 Å². The SMILES string of the molecule is CC(C)(Oc1cccc(N)c1)C(N)=O. The van der Waals surface area contributed by atoms with Crippen LogP contribution in [0.4, 0.5) is 5.69 Å². The topological polar surface area (TPSA) is 78.3 Å². The molecule has 0 aliphatic heterocycles. The molecule has 1 amide bonds. The molecule has 14 heavy (non-hydrogen) atoms. The highest BCUT2D eigenvalue weighted by Crippen LogP contribution is 2.20. The summed E-state index contributed by atoms with van der Waals surface area (Å²) in [5.41, 5.74) is 10.3. The van der Waals surface area contributed by atoms with Crippen LogP contribution in [0.1, 0.15) is 13.8 Å². The lowest BCUT2D eigenvalue weighted by Crippen LogP contribution is -2.43. The smallest absolute Gasteiger partial charge is 0.261 e. The molecule has 1 aromatic carbocycles. The van der Waals surface area contributed by atoms with Crippen LogP contribution in [0.3, 0.4) is 0 Å². The minimum absolute atomic E-state index is 0.514. The van der Waals surface area contributed by atoms with Crippen LogP contribution in [0, 0.1) is 0 Å². The van der Waals surface area contributed by atoms with E-state index in [-0.39, 0.29) is 0 Å². The number of carbonyl (C=O) groups is 1. The second-order valence-corrected chi connectivity index (χ2v) is 3.55. The van der Waals surface area contributed by atoms with Gasteiger partial charge in [-0.05, 0) is 26.0 Å². The maximum atomic E-state index is 11.0. The molecular weight excluding hydrogens is 180 g/mol. The number of hydrogen-bond donors (Lipinski definition) is 2. The third kappa shape index (κ3) is 2.39. The molecule has 4 nitrogen and oxygen atoms in total. The van der Waals surface area contributed by atoms with Crippen LogP contribution < -0.4 is 16.2 Å². The van der Waals surface area contributed by atoms with Crippen molar-refractivity contribution in [3.05, 3.63) is 24.3 Å². The van der Waals surface area contributed by atoms with Crippen molar-refractivity contribution >= 4 is 11.6 Å². The fourth-order valence-corrected chi connectivity index (χ4v) is 0.923. The first kappa shape index (κ1) is 10.4. The van der Waals surface area contributed by atoms with Crippen molar-refractivity contribution in [2.45, 2.75) is 19.4 Å². The van der Waals surface area contributed by atoms with Gasteiger partial charge in [0.1, 0.15) is 5.75 Å². The Bertz CT molecular complexity index is 348. The standard InChI is InChI=1S/C10H14N2O2/c1-10(2,9(12)13)14-8-5-3-4-7(11)6-8/h3-6H,11H2,1-2H3,(H2,12,13). The summed E-state index contributed by atoms with van der Waals surface area (Å²) >= 11 is 0. The first-order valence-corrected chi connectivity index (χ1v) is 4.26. The number of carbonyl (C=O) groups excluding carboxylic acids is 1. The largest absolute Gasteiger partial charge is 0.478 e. The zero-order valence-electron chi connectivity index (χ0n) is 8.28. The number of amides is 1. The van der Waals surface area contributed by atoms with E-state index in [0.29, 0.717) is 11.4 Å². The van der Waals surface area contributed by atoms with Gasteiger partial charge in [0.2, 0.25) is 0 Å². The molecular formula is C10H14N2O2. The fourth-order valence-electron chi connectivity index (χ4n) is 0.923. The lowest BCUT2D eigenvalue weighted by molar-refractivity contribution is -0.130. The number of anilines is 1. The molecule has 0 bridgehead atoms. The van der Waals surface area contributed by atoms with Crippen molar-refractivity contribution in [1.29, 1.82) is 0 Å². The molecule has 0 atom stereocenters. The van der Waals surface area contributed by atoms with Gasteiger partial charge >= 0.3 is 0 Å². The van der Waals surface area contributed by atoms with Crippen molar-refractivity contribution in [1.82, 2.24) is 0 Å². The van der Waals surface area contributed by atoms with E-state index in [1.807, 2.05) is 0 Å². The van der Waals surface area contributed by atoms with E-state index in [1.54, 1.807) is 38.1 Å². The number of primary amides is 1. The lowest BCUT2D eigenvalue weighted by atomic mass is 10.1. The average Bonchev–Trinajstić information content (AvgIpc) is 2.02. The summed E-state index contributed by atoms with van der Waals surface area (Å²) in [7, 11) is 0. The number of hydrogen-bond acceptors (Lipinski definition) is 3. The monoisotopic (exact) mass is 194 g/mol. The number of ether oxygens (including phenoxy) is 1. The van der Waals surface area contributed by atoms with Crippen molar-refractivity contribution in [2.24, 2.45) is 5.73 Å². The quantitative estimate of drug-likeness (QED) is 0.702. The van der Waals surface area contributed by atoms with E-state index in [2.05, 4.69) is 0 Å². The summed E-state index contributed by atoms with van der Waals surface area (Å²) < 4.78 is 5.39. The van der Waals surface area contributed by atoms with E-state index >= 15 is 0 Å². The molecule has 0 aliphatic rings. The average molecular weight is 194 g/mol. The first-order valence-electron chi connectivity index (χ1n) is 4.26. The Morgan fingerprint density at radius 2 is 2.07 bits per heavy atom. The molecule has 0 aliphatic carbocycles. The van der Waals surface area contributed by atoms with Gasteiger partial charge in [0.05, 0.1) is 0 Å². The van der Waals surface area contributed by atoms with Gasteiger partial charge in [-0.1, -0.05) is 6.07 Å². The summed E-state index contributed by atoms with van der Waals surface area (Å²) in [6.45, 7) is 3.22. The van der Waals surface area contributed by atoms with Gasteiger partial charge in [0, 0.05) is 11.8 Å². The van der Waals surface area contributed by atoms with Crippen molar-refractivity contribution in [3.8, 4) is 5.75 Å². The molecule has 0 fully saturated rings. The molecule has 0 radical (unpaired) electrons. The molecule has 0 spiro atoms. The van der Waals surface area contributed by atoms with Crippen LogP contribution in [-0.2, 0) is 4.79 Å². The third-order valence-corrected chi connectivity index (χ3v) is 1.82. The number of nitrogen functional groups attached to an aromatic ring is 1. The van der Waals surface area contributed by atoms with E-state index in [9.17, 15) is 4.79 Å². The molecule has 0 saturated carbocycles. The second kappa shape index (κ2) is 3.57. The Kier molecular flexibility index (Phi) is 2.65. The zero-order valence-corrected chi connectivity index (χ0v) is 8.28. The van der Waals surface area contributed by atoms with Gasteiger partial charge in [-0.3, -0.25) is 4.79 Å². The number of rotatable bonds is 3. The number of nitrogens with two attached hydrogens (primary N) is 2. The van der Waals surface area contributed by atoms with Gasteiger partial charge in [0.25, 0.3) is 5.91 Å². The Hall–Kier alpha value is -1.71. The van der Waals surface area contributed by atoms with Crippen LogP contribution in [0.15, 0.2) is 24.3 Å². The van der Waals surface area contributed by atoms with Crippen LogP contribution in [0.25, 0.3) is 0 Å². The minimum atomic E-state index is -1.02. The van der Waals surface area contributed by atoms with Crippen molar-refractivity contribution in [3.63, 3.8) is 0 Å². The molecule has 0 saturated heterocycles. The predicted molar refractivity (Wildman–Crippen MR) is 54.8 cm³/mol. The minimum Gasteiger partial charge on any atom is -0.478 e. The van der Waals surface area contributed by atoms with Gasteiger partial charge in [0.15, 0.2) is 5.60 Å². The Morgan fingerprint density at radius 3 is 2.57 bits per heavy atom. The summed E-state index contributed by atoms with van der Waals surface area (Å²) in [5, 5.41) is 0. The van der Waals surface area contributed by atoms with Gasteiger partial charge in [-0.25, -0.2) is 0 Å². The number of benzene rings is 1. The molecule has 4 N–H and O–H groups in total. The third-order valence-electron chi connectivity index (χ3n) is 1.82. The molecule has 1 rings (SSSR count). The van der Waals surface area contributed by atoms with E-state index in [4.69, 9.17) is 16.2 Å². The molecule has 4 heteroatoms. The highest BCUT2D eigenvalue weighted by Gasteiger charge is 2.26. The maximum Gasteiger partial charge on any atom is 0.261 e. The predicted octanol–water partition coefficient (Wildman–Crippen LogP) is 0.911. The first-order chi connectivity index (χ1) is 6.42. The molecule has 76 valence electrons. The molecule has 1 aromatic rings. The van der Waals surface area contributed by atoms with Crippen molar-refractivity contribution in [2.75, 3.05) is 5.73 Å².